The SMILES string of the molecule is COC(=O)C(CCCN1CCN(c2ccccc2)CC1)(c1ccccc1Br)C(C)C. The van der Waals surface area contributed by atoms with E-state index in [1.165, 1.54) is 12.8 Å². The molecule has 0 bridgehead atoms. The van der Waals surface area contributed by atoms with Crippen molar-refractivity contribution >= 4 is 27.6 Å². The largest absolute Gasteiger partial charge is 0.468 e. The Balaban J connectivity index is 1.64. The predicted molar refractivity (Wildman–Crippen MR) is 127 cm³/mol. The molecule has 2 aromatic rings. The Hall–Kier alpha value is -1.85. The smallest absolute Gasteiger partial charge is 0.316 e. The second kappa shape index (κ2) is 10.5. The van der Waals surface area contributed by atoms with Crippen LogP contribution in [0.25, 0.3) is 0 Å². The lowest BCUT2D eigenvalue weighted by Gasteiger charge is -2.38. The highest BCUT2D eigenvalue weighted by atomic mass is 79.9. The number of piperazine rings is 1. The first kappa shape index (κ1) is 22.8. The van der Waals surface area contributed by atoms with Crippen LogP contribution < -0.4 is 4.90 Å². The number of hydrogen-bond donors (Lipinski definition) is 0. The zero-order chi connectivity index (χ0) is 21.6. The van der Waals surface area contributed by atoms with Gasteiger partial charge >= 0.3 is 5.97 Å². The minimum Gasteiger partial charge on any atom is -0.468 e. The molecular weight excluding hydrogens is 440 g/mol. The number of benzene rings is 2. The molecule has 0 amide bonds. The average molecular weight is 473 g/mol. The lowest BCUT2D eigenvalue weighted by molar-refractivity contribution is -0.150. The number of methoxy groups -OCH3 is 1. The molecule has 1 unspecified atom stereocenters. The molecule has 162 valence electrons. The fourth-order valence-corrected chi connectivity index (χ4v) is 5.28. The normalized spacial score (nSPS) is 17.0. The number of esters is 1. The van der Waals surface area contributed by atoms with Gasteiger partial charge in [-0.05, 0) is 49.1 Å². The van der Waals surface area contributed by atoms with Crippen molar-refractivity contribution in [3.8, 4) is 0 Å². The van der Waals surface area contributed by atoms with Crippen LogP contribution >= 0.6 is 15.9 Å². The Kier molecular flexibility index (Phi) is 7.95. The van der Waals surface area contributed by atoms with Gasteiger partial charge in [-0.3, -0.25) is 9.69 Å². The molecule has 30 heavy (non-hydrogen) atoms. The van der Waals surface area contributed by atoms with Gasteiger partial charge in [0.2, 0.25) is 0 Å². The van der Waals surface area contributed by atoms with Crippen LogP contribution in [0.15, 0.2) is 59.1 Å². The molecular formula is C25H33BrN2O2. The van der Waals surface area contributed by atoms with Gasteiger partial charge in [-0.1, -0.05) is 66.2 Å². The predicted octanol–water partition coefficient (Wildman–Crippen LogP) is 5.12. The van der Waals surface area contributed by atoms with Gasteiger partial charge in [-0.15, -0.1) is 0 Å². The summed E-state index contributed by atoms with van der Waals surface area (Å²) in [6.45, 7) is 9.43. The number of hydrogen-bond acceptors (Lipinski definition) is 4. The Morgan fingerprint density at radius 3 is 2.27 bits per heavy atom. The van der Waals surface area contributed by atoms with E-state index in [2.05, 4.69) is 76.0 Å². The molecule has 1 fully saturated rings. The van der Waals surface area contributed by atoms with Crippen LogP contribution in [0.4, 0.5) is 5.69 Å². The Morgan fingerprint density at radius 1 is 1.03 bits per heavy atom. The molecule has 0 N–H and O–H groups in total. The van der Waals surface area contributed by atoms with Gasteiger partial charge in [-0.2, -0.15) is 0 Å². The number of carbonyl (C=O) groups is 1. The van der Waals surface area contributed by atoms with Crippen LogP contribution in [-0.2, 0) is 14.9 Å². The molecule has 1 aliphatic heterocycles. The van der Waals surface area contributed by atoms with Crippen LogP contribution in [0.1, 0.15) is 32.3 Å². The molecule has 1 aliphatic rings. The minimum absolute atomic E-state index is 0.138. The second-order valence-electron chi connectivity index (χ2n) is 8.37. The summed E-state index contributed by atoms with van der Waals surface area (Å²) in [5, 5.41) is 0. The second-order valence-corrected chi connectivity index (χ2v) is 9.22. The van der Waals surface area contributed by atoms with Gasteiger partial charge < -0.3 is 9.64 Å². The lowest BCUT2D eigenvalue weighted by Crippen LogP contribution is -2.47. The van der Waals surface area contributed by atoms with Crippen LogP contribution in [0, 0.1) is 5.92 Å². The van der Waals surface area contributed by atoms with E-state index in [1.807, 2.05) is 18.2 Å². The minimum atomic E-state index is -0.638. The standard InChI is InChI=1S/C25H33BrN2O2/c1-20(2)25(24(29)30-3,22-12-7-8-13-23(22)26)14-9-15-27-16-18-28(19-17-27)21-10-5-4-6-11-21/h4-8,10-13,20H,9,14-19H2,1-3H3. The maximum absolute atomic E-state index is 13.0. The fraction of sp³-hybridized carbons (Fsp3) is 0.480. The quantitative estimate of drug-likeness (QED) is 0.499. The monoisotopic (exact) mass is 472 g/mol. The molecule has 5 heteroatoms. The van der Waals surface area contributed by atoms with E-state index in [-0.39, 0.29) is 11.9 Å². The Morgan fingerprint density at radius 2 is 1.67 bits per heavy atom. The van der Waals surface area contributed by atoms with Gasteiger partial charge in [0, 0.05) is 36.3 Å². The number of ether oxygens (including phenoxy) is 1. The van der Waals surface area contributed by atoms with E-state index >= 15 is 0 Å². The van der Waals surface area contributed by atoms with Crippen molar-refractivity contribution in [2.75, 3.05) is 44.7 Å². The lowest BCUT2D eigenvalue weighted by atomic mass is 9.68. The molecule has 2 aromatic carbocycles. The molecule has 0 saturated carbocycles. The maximum atomic E-state index is 13.0. The molecule has 1 heterocycles. The third-order valence-electron chi connectivity index (χ3n) is 6.43. The van der Waals surface area contributed by atoms with Crippen LogP contribution in [-0.4, -0.2) is 50.7 Å². The van der Waals surface area contributed by atoms with Gasteiger partial charge in [0.1, 0.15) is 0 Å². The van der Waals surface area contributed by atoms with Crippen molar-refractivity contribution in [2.45, 2.75) is 32.1 Å². The summed E-state index contributed by atoms with van der Waals surface area (Å²) in [6.07, 6.45) is 1.73. The van der Waals surface area contributed by atoms with Crippen molar-refractivity contribution < 1.29 is 9.53 Å². The summed E-state index contributed by atoms with van der Waals surface area (Å²) in [4.78, 5) is 18.0. The fourth-order valence-electron chi connectivity index (χ4n) is 4.64. The third kappa shape index (κ3) is 4.89. The van der Waals surface area contributed by atoms with Gasteiger partial charge in [0.05, 0.1) is 12.5 Å². The van der Waals surface area contributed by atoms with Crippen molar-refractivity contribution in [3.63, 3.8) is 0 Å². The van der Waals surface area contributed by atoms with E-state index in [9.17, 15) is 4.79 Å². The first-order valence-corrected chi connectivity index (χ1v) is 11.6. The molecule has 0 spiro atoms. The van der Waals surface area contributed by atoms with E-state index in [1.54, 1.807) is 0 Å². The third-order valence-corrected chi connectivity index (χ3v) is 7.12. The van der Waals surface area contributed by atoms with Crippen molar-refractivity contribution in [1.82, 2.24) is 4.90 Å². The number of para-hydroxylation sites is 1. The first-order valence-electron chi connectivity index (χ1n) is 10.8. The Labute approximate surface area is 189 Å². The van der Waals surface area contributed by atoms with Gasteiger partial charge in [0.15, 0.2) is 0 Å². The van der Waals surface area contributed by atoms with Gasteiger partial charge in [0.25, 0.3) is 0 Å². The summed E-state index contributed by atoms with van der Waals surface area (Å²) >= 11 is 3.67. The summed E-state index contributed by atoms with van der Waals surface area (Å²) in [5.74, 6) is -0.00289. The molecule has 0 aromatic heterocycles. The van der Waals surface area contributed by atoms with Crippen molar-refractivity contribution in [2.24, 2.45) is 5.92 Å². The summed E-state index contributed by atoms with van der Waals surface area (Å²) in [6, 6.07) is 18.7. The molecule has 0 aliphatic carbocycles. The first-order chi connectivity index (χ1) is 14.5. The summed E-state index contributed by atoms with van der Waals surface area (Å²) in [5.41, 5.74) is 1.69. The van der Waals surface area contributed by atoms with Crippen LogP contribution in [0.3, 0.4) is 0 Å². The number of halogens is 1. The van der Waals surface area contributed by atoms with Crippen LogP contribution in [0.2, 0.25) is 0 Å². The summed E-state index contributed by atoms with van der Waals surface area (Å²) < 4.78 is 6.28. The molecule has 0 radical (unpaired) electrons. The zero-order valence-corrected chi connectivity index (χ0v) is 19.9. The zero-order valence-electron chi connectivity index (χ0n) is 18.3. The van der Waals surface area contributed by atoms with Crippen molar-refractivity contribution in [1.29, 1.82) is 0 Å². The van der Waals surface area contributed by atoms with E-state index in [0.29, 0.717) is 0 Å². The van der Waals surface area contributed by atoms with Crippen molar-refractivity contribution in [3.05, 3.63) is 64.6 Å². The number of nitrogens with zero attached hydrogens (tertiary/aromatic N) is 2. The molecule has 1 atom stereocenters. The molecule has 1 saturated heterocycles. The highest BCUT2D eigenvalue weighted by Gasteiger charge is 2.45. The highest BCUT2D eigenvalue weighted by Crippen LogP contribution is 2.41. The number of carbonyl (C=O) groups excluding carboxylic acids is 1. The Bertz CT molecular complexity index is 819. The van der Waals surface area contributed by atoms with E-state index < -0.39 is 5.41 Å². The van der Waals surface area contributed by atoms with Crippen LogP contribution in [0.5, 0.6) is 0 Å². The molecule has 4 nitrogen and oxygen atoms in total. The average Bonchev–Trinajstić information content (AvgIpc) is 2.78. The number of rotatable bonds is 8. The topological polar surface area (TPSA) is 32.8 Å². The van der Waals surface area contributed by atoms with Gasteiger partial charge in [-0.25, -0.2) is 0 Å². The van der Waals surface area contributed by atoms with E-state index in [0.717, 1.165) is 55.6 Å². The van der Waals surface area contributed by atoms with E-state index in [4.69, 9.17) is 4.74 Å². The highest BCUT2D eigenvalue weighted by molar-refractivity contribution is 9.10. The summed E-state index contributed by atoms with van der Waals surface area (Å²) in [7, 11) is 1.50. The molecule has 3 rings (SSSR count). The maximum Gasteiger partial charge on any atom is 0.316 e. The number of anilines is 1.